The van der Waals surface area contributed by atoms with Crippen molar-refractivity contribution in [2.75, 3.05) is 4.90 Å². The summed E-state index contributed by atoms with van der Waals surface area (Å²) in [6, 6.07) is 14.9. The standard InChI is InChI=1S/C23H19N3O3/c1-14-9-11-16(12-10-14)25-22(28)18-17-8-5-13-24-26(17)20(19(18)23(25)29)21(27)15-6-3-2-4-7-15/h2-13,17-20H,1H3/t17?,18-,19-,20+/m0/s1. The van der Waals surface area contributed by atoms with Crippen molar-refractivity contribution in [2.24, 2.45) is 16.9 Å². The van der Waals surface area contributed by atoms with Crippen molar-refractivity contribution in [3.05, 3.63) is 77.9 Å². The van der Waals surface area contributed by atoms with Gasteiger partial charge in [-0.15, -0.1) is 0 Å². The van der Waals surface area contributed by atoms with Crippen molar-refractivity contribution >= 4 is 29.5 Å². The Balaban J connectivity index is 1.58. The number of imide groups is 1. The second-order valence-corrected chi connectivity index (χ2v) is 7.59. The van der Waals surface area contributed by atoms with Crippen molar-refractivity contribution in [1.29, 1.82) is 0 Å². The Morgan fingerprint density at radius 2 is 1.62 bits per heavy atom. The number of hydrogen-bond donors (Lipinski definition) is 0. The zero-order valence-corrected chi connectivity index (χ0v) is 15.8. The van der Waals surface area contributed by atoms with Gasteiger partial charge in [0.1, 0.15) is 6.04 Å². The van der Waals surface area contributed by atoms with E-state index in [0.29, 0.717) is 11.3 Å². The van der Waals surface area contributed by atoms with Crippen LogP contribution < -0.4 is 4.90 Å². The summed E-state index contributed by atoms with van der Waals surface area (Å²) in [6.45, 7) is 1.95. The summed E-state index contributed by atoms with van der Waals surface area (Å²) in [5, 5.41) is 5.99. The Morgan fingerprint density at radius 1 is 0.931 bits per heavy atom. The summed E-state index contributed by atoms with van der Waals surface area (Å²) in [4.78, 5) is 41.3. The molecule has 0 saturated carbocycles. The van der Waals surface area contributed by atoms with Crippen LogP contribution in [0.5, 0.6) is 0 Å². The normalized spacial score (nSPS) is 27.3. The van der Waals surface area contributed by atoms with Crippen molar-refractivity contribution in [3.8, 4) is 0 Å². The maximum atomic E-state index is 13.4. The number of nitrogens with zero attached hydrogens (tertiary/aromatic N) is 3. The highest BCUT2D eigenvalue weighted by molar-refractivity contribution is 6.24. The smallest absolute Gasteiger partial charge is 0.240 e. The molecule has 6 heteroatoms. The molecule has 0 radical (unpaired) electrons. The first-order valence-electron chi connectivity index (χ1n) is 9.61. The second kappa shape index (κ2) is 6.51. The van der Waals surface area contributed by atoms with Gasteiger partial charge in [-0.05, 0) is 25.1 Å². The Hall–Kier alpha value is -3.54. The fraction of sp³-hybridized carbons (Fsp3) is 0.217. The van der Waals surface area contributed by atoms with E-state index in [-0.39, 0.29) is 17.6 Å². The Kier molecular flexibility index (Phi) is 3.94. The van der Waals surface area contributed by atoms with Gasteiger partial charge in [0, 0.05) is 11.8 Å². The molecule has 3 aliphatic heterocycles. The molecule has 2 saturated heterocycles. The van der Waals surface area contributed by atoms with Gasteiger partial charge in [-0.3, -0.25) is 19.4 Å². The van der Waals surface area contributed by atoms with Crippen LogP contribution in [0, 0.1) is 18.8 Å². The Bertz CT molecular complexity index is 1060. The SMILES string of the molecule is Cc1ccc(N2C(=O)[C@H]3[C@@H](C2=O)C2C=CC=NN2[C@H]3C(=O)c2ccccc2)cc1. The first-order chi connectivity index (χ1) is 14.1. The number of fused-ring (bicyclic) bond motifs is 3. The fourth-order valence-corrected chi connectivity index (χ4v) is 4.56. The second-order valence-electron chi connectivity index (χ2n) is 7.59. The van der Waals surface area contributed by atoms with E-state index in [2.05, 4.69) is 5.10 Å². The Labute approximate surface area is 168 Å². The number of Topliss-reactive ketones (excluding diaryl/α,β-unsaturated/α-hetero) is 1. The molecule has 3 heterocycles. The van der Waals surface area contributed by atoms with Crippen molar-refractivity contribution in [3.63, 3.8) is 0 Å². The molecule has 3 aliphatic rings. The van der Waals surface area contributed by atoms with Gasteiger partial charge in [-0.25, -0.2) is 4.90 Å². The number of allylic oxidation sites excluding steroid dienone is 1. The van der Waals surface area contributed by atoms with E-state index in [1.807, 2.05) is 31.2 Å². The average Bonchev–Trinajstić information content (AvgIpc) is 3.22. The molecule has 0 bridgehead atoms. The number of hydrazone groups is 1. The predicted octanol–water partition coefficient (Wildman–Crippen LogP) is 2.59. The number of anilines is 1. The molecule has 5 rings (SSSR count). The van der Waals surface area contributed by atoms with Crippen LogP contribution in [0.3, 0.4) is 0 Å². The maximum absolute atomic E-state index is 13.4. The van der Waals surface area contributed by atoms with Gasteiger partial charge >= 0.3 is 0 Å². The highest BCUT2D eigenvalue weighted by Gasteiger charge is 2.64. The third-order valence-electron chi connectivity index (χ3n) is 5.91. The van der Waals surface area contributed by atoms with Gasteiger partial charge in [0.2, 0.25) is 11.8 Å². The lowest BCUT2D eigenvalue weighted by Gasteiger charge is -2.30. The van der Waals surface area contributed by atoms with Crippen LogP contribution in [0.15, 0.2) is 71.9 Å². The summed E-state index contributed by atoms with van der Waals surface area (Å²) in [6.07, 6.45) is 5.21. The molecule has 2 aromatic carbocycles. The molecule has 0 aliphatic carbocycles. The van der Waals surface area contributed by atoms with Crippen molar-refractivity contribution in [2.45, 2.75) is 19.0 Å². The summed E-state index contributed by atoms with van der Waals surface area (Å²) < 4.78 is 0. The van der Waals surface area contributed by atoms with Gasteiger partial charge in [-0.1, -0.05) is 54.1 Å². The topological polar surface area (TPSA) is 70.1 Å². The summed E-state index contributed by atoms with van der Waals surface area (Å²) >= 11 is 0. The molecule has 0 spiro atoms. The number of hydrogen-bond acceptors (Lipinski definition) is 5. The van der Waals surface area contributed by atoms with Crippen LogP contribution in [-0.4, -0.2) is 40.9 Å². The largest absolute Gasteiger partial charge is 0.292 e. The van der Waals surface area contributed by atoms with Gasteiger partial charge in [-0.2, -0.15) is 5.10 Å². The fourth-order valence-electron chi connectivity index (χ4n) is 4.56. The number of amides is 2. The zero-order chi connectivity index (χ0) is 20.1. The molecule has 0 aromatic heterocycles. The molecule has 1 unspecified atom stereocenters. The van der Waals surface area contributed by atoms with Gasteiger partial charge in [0.15, 0.2) is 5.78 Å². The van der Waals surface area contributed by atoms with Crippen LogP contribution in [0.25, 0.3) is 0 Å². The quantitative estimate of drug-likeness (QED) is 0.602. The minimum Gasteiger partial charge on any atom is -0.292 e. The Morgan fingerprint density at radius 3 is 2.34 bits per heavy atom. The number of benzene rings is 2. The summed E-state index contributed by atoms with van der Waals surface area (Å²) in [5.41, 5.74) is 2.09. The van der Waals surface area contributed by atoms with Gasteiger partial charge in [0.05, 0.1) is 23.6 Å². The third-order valence-corrected chi connectivity index (χ3v) is 5.91. The lowest BCUT2D eigenvalue weighted by molar-refractivity contribution is -0.123. The first-order valence-corrected chi connectivity index (χ1v) is 9.61. The minimum absolute atomic E-state index is 0.192. The van der Waals surface area contributed by atoms with E-state index >= 15 is 0 Å². The maximum Gasteiger partial charge on any atom is 0.240 e. The lowest BCUT2D eigenvalue weighted by atomic mass is 9.86. The summed E-state index contributed by atoms with van der Waals surface area (Å²) in [7, 11) is 0. The molecule has 29 heavy (non-hydrogen) atoms. The van der Waals surface area contributed by atoms with Crippen molar-refractivity contribution in [1.82, 2.24) is 5.01 Å². The predicted molar refractivity (Wildman–Crippen MR) is 108 cm³/mol. The zero-order valence-electron chi connectivity index (χ0n) is 15.8. The molecular formula is C23H19N3O3. The molecule has 0 N–H and O–H groups in total. The van der Waals surface area contributed by atoms with Crippen LogP contribution in [0.4, 0.5) is 5.69 Å². The van der Waals surface area contributed by atoms with Crippen LogP contribution in [0.1, 0.15) is 15.9 Å². The van der Waals surface area contributed by atoms with Crippen molar-refractivity contribution < 1.29 is 14.4 Å². The summed E-state index contributed by atoms with van der Waals surface area (Å²) in [5.74, 6) is -2.20. The third kappa shape index (κ3) is 2.56. The van der Waals surface area contributed by atoms with E-state index in [4.69, 9.17) is 0 Å². The van der Waals surface area contributed by atoms with E-state index in [1.54, 1.807) is 53.7 Å². The number of carbonyl (C=O) groups is 3. The van der Waals surface area contributed by atoms with Gasteiger partial charge in [0.25, 0.3) is 0 Å². The van der Waals surface area contributed by atoms with E-state index in [1.165, 1.54) is 4.90 Å². The van der Waals surface area contributed by atoms with E-state index in [0.717, 1.165) is 5.56 Å². The number of ketones is 1. The number of carbonyl (C=O) groups excluding carboxylic acids is 3. The molecule has 6 nitrogen and oxygen atoms in total. The minimum atomic E-state index is -0.805. The average molecular weight is 385 g/mol. The molecule has 4 atom stereocenters. The molecule has 2 fully saturated rings. The van der Waals surface area contributed by atoms with Crippen LogP contribution in [0.2, 0.25) is 0 Å². The highest BCUT2D eigenvalue weighted by Crippen LogP contribution is 2.46. The molecular weight excluding hydrogens is 366 g/mol. The monoisotopic (exact) mass is 385 g/mol. The highest BCUT2D eigenvalue weighted by atomic mass is 16.2. The van der Waals surface area contributed by atoms with E-state index < -0.39 is 23.9 Å². The van der Waals surface area contributed by atoms with Crippen LogP contribution in [-0.2, 0) is 9.59 Å². The van der Waals surface area contributed by atoms with Crippen LogP contribution >= 0.6 is 0 Å². The number of aryl methyl sites for hydroxylation is 1. The lowest BCUT2D eigenvalue weighted by Crippen LogP contribution is -2.46. The molecule has 2 aromatic rings. The van der Waals surface area contributed by atoms with Gasteiger partial charge < -0.3 is 0 Å². The van der Waals surface area contributed by atoms with E-state index in [9.17, 15) is 14.4 Å². The molecule has 144 valence electrons. The number of rotatable bonds is 3. The first kappa shape index (κ1) is 17.6. The molecule has 2 amide bonds.